The maximum absolute atomic E-state index is 12.5. The number of ether oxygens (including phenoxy) is 1. The molecule has 0 aromatic heterocycles. The van der Waals surface area contributed by atoms with Gasteiger partial charge < -0.3 is 15.2 Å². The molecule has 116 valence electrons. The second-order valence-electron chi connectivity index (χ2n) is 5.27. The standard InChI is InChI=1S/C15H13Br2NO4/c16-10-11(17)13-9(15(20)21)8(12(10)22-13)14(19)18-6-7-4-2-1-3-5-7/h1-5,8-9,12-13H,6H2,(H,18,19)(H,20,21)/t8-,9+,12-,13-/m1/s1. The summed E-state index contributed by atoms with van der Waals surface area (Å²) in [7, 11) is 0. The minimum absolute atomic E-state index is 0.305. The van der Waals surface area contributed by atoms with Gasteiger partial charge in [-0.25, -0.2) is 0 Å². The molecule has 0 aliphatic carbocycles. The Kier molecular flexibility index (Phi) is 4.38. The van der Waals surface area contributed by atoms with Crippen LogP contribution in [-0.2, 0) is 20.9 Å². The molecule has 0 spiro atoms. The Balaban J connectivity index is 1.75. The van der Waals surface area contributed by atoms with Gasteiger partial charge in [0.05, 0.1) is 5.92 Å². The monoisotopic (exact) mass is 429 g/mol. The van der Waals surface area contributed by atoms with E-state index in [2.05, 4.69) is 37.2 Å². The van der Waals surface area contributed by atoms with Gasteiger partial charge in [-0.15, -0.1) is 0 Å². The molecule has 0 saturated carbocycles. The smallest absolute Gasteiger partial charge is 0.310 e. The highest BCUT2D eigenvalue weighted by Crippen LogP contribution is 2.51. The molecule has 2 N–H and O–H groups in total. The van der Waals surface area contributed by atoms with Gasteiger partial charge in [0, 0.05) is 15.5 Å². The van der Waals surface area contributed by atoms with E-state index in [4.69, 9.17) is 4.74 Å². The van der Waals surface area contributed by atoms with E-state index >= 15 is 0 Å². The summed E-state index contributed by atoms with van der Waals surface area (Å²) in [5, 5.41) is 12.2. The number of fused-ring (bicyclic) bond motifs is 2. The molecule has 5 nitrogen and oxygen atoms in total. The maximum Gasteiger partial charge on any atom is 0.310 e. The number of aliphatic carboxylic acids is 1. The fraction of sp³-hybridized carbons (Fsp3) is 0.333. The topological polar surface area (TPSA) is 75.6 Å². The molecular formula is C15H13Br2NO4. The van der Waals surface area contributed by atoms with E-state index in [1.807, 2.05) is 30.3 Å². The summed E-state index contributed by atoms with van der Waals surface area (Å²) in [6.07, 6.45) is -1.15. The number of hydrogen-bond acceptors (Lipinski definition) is 3. The van der Waals surface area contributed by atoms with Crippen molar-refractivity contribution in [3.8, 4) is 0 Å². The molecule has 22 heavy (non-hydrogen) atoms. The van der Waals surface area contributed by atoms with E-state index in [0.717, 1.165) is 10.0 Å². The van der Waals surface area contributed by atoms with E-state index in [0.29, 0.717) is 11.0 Å². The van der Waals surface area contributed by atoms with Crippen LogP contribution >= 0.6 is 31.9 Å². The SMILES string of the molecule is O=C(NCc1ccccc1)[C@@H]1[C@H](C(=O)O)[C@H]2O[C@H]1C(Br)=C2Br. The molecule has 1 aromatic carbocycles. The van der Waals surface area contributed by atoms with E-state index < -0.39 is 30.0 Å². The molecule has 0 unspecified atom stereocenters. The average molecular weight is 431 g/mol. The lowest BCUT2D eigenvalue weighted by molar-refractivity contribution is -0.146. The van der Waals surface area contributed by atoms with Gasteiger partial charge in [0.15, 0.2) is 0 Å². The lowest BCUT2D eigenvalue weighted by Crippen LogP contribution is -2.43. The Morgan fingerprint density at radius 3 is 2.27 bits per heavy atom. The molecule has 2 aliphatic rings. The summed E-state index contributed by atoms with van der Waals surface area (Å²) < 4.78 is 7.04. The van der Waals surface area contributed by atoms with E-state index in [1.165, 1.54) is 0 Å². The summed E-state index contributed by atoms with van der Waals surface area (Å²) in [5.41, 5.74) is 0.961. The van der Waals surface area contributed by atoms with E-state index in [-0.39, 0.29) is 5.91 Å². The van der Waals surface area contributed by atoms with Gasteiger partial charge in [-0.1, -0.05) is 62.2 Å². The van der Waals surface area contributed by atoms with E-state index in [9.17, 15) is 14.7 Å². The van der Waals surface area contributed by atoms with Crippen LogP contribution in [-0.4, -0.2) is 29.2 Å². The molecule has 1 aromatic rings. The van der Waals surface area contributed by atoms with Gasteiger partial charge in [-0.05, 0) is 5.56 Å². The predicted molar refractivity (Wildman–Crippen MR) is 86.4 cm³/mol. The average Bonchev–Trinajstić information content (AvgIpc) is 3.03. The van der Waals surface area contributed by atoms with Crippen molar-refractivity contribution in [2.24, 2.45) is 11.8 Å². The van der Waals surface area contributed by atoms with Crippen LogP contribution in [0.1, 0.15) is 5.56 Å². The second-order valence-corrected chi connectivity index (χ2v) is 6.98. The van der Waals surface area contributed by atoms with Crippen LogP contribution in [0.25, 0.3) is 0 Å². The third-order valence-electron chi connectivity index (χ3n) is 3.96. The van der Waals surface area contributed by atoms with Crippen LogP contribution in [0.2, 0.25) is 0 Å². The van der Waals surface area contributed by atoms with Crippen LogP contribution < -0.4 is 5.32 Å². The molecule has 3 rings (SSSR count). The van der Waals surface area contributed by atoms with Crippen molar-refractivity contribution in [3.63, 3.8) is 0 Å². The lowest BCUT2D eigenvalue weighted by atomic mass is 9.82. The van der Waals surface area contributed by atoms with Crippen LogP contribution in [0.4, 0.5) is 0 Å². The first kappa shape index (κ1) is 15.7. The summed E-state index contributed by atoms with van der Waals surface area (Å²) in [6.45, 7) is 0.363. The van der Waals surface area contributed by atoms with Gasteiger partial charge in [0.1, 0.15) is 18.1 Å². The zero-order chi connectivity index (χ0) is 15.9. The fourth-order valence-electron chi connectivity index (χ4n) is 2.90. The van der Waals surface area contributed by atoms with Crippen LogP contribution in [0.5, 0.6) is 0 Å². The normalized spacial score (nSPS) is 29.7. The molecule has 1 fully saturated rings. The first-order valence-electron chi connectivity index (χ1n) is 6.75. The largest absolute Gasteiger partial charge is 0.481 e. The Labute approximate surface area is 144 Å². The first-order chi connectivity index (χ1) is 10.5. The van der Waals surface area contributed by atoms with Gasteiger partial charge in [-0.3, -0.25) is 9.59 Å². The summed E-state index contributed by atoms with van der Waals surface area (Å²) in [5.74, 6) is -2.94. The highest BCUT2D eigenvalue weighted by Gasteiger charge is 2.58. The number of rotatable bonds is 4. The Bertz CT molecular complexity index is 646. The Hall–Kier alpha value is -1.18. The summed E-state index contributed by atoms with van der Waals surface area (Å²) in [4.78, 5) is 24.0. The van der Waals surface area contributed by atoms with Crippen LogP contribution in [0.15, 0.2) is 39.3 Å². The number of carboxylic acids is 1. The van der Waals surface area contributed by atoms with Gasteiger partial charge >= 0.3 is 5.97 Å². The molecule has 2 heterocycles. The fourth-order valence-corrected chi connectivity index (χ4v) is 4.13. The van der Waals surface area contributed by atoms with E-state index in [1.54, 1.807) is 0 Å². The van der Waals surface area contributed by atoms with Crippen molar-refractivity contribution >= 4 is 43.7 Å². The molecule has 4 atom stereocenters. The minimum atomic E-state index is -1.02. The number of amides is 1. The van der Waals surface area contributed by atoms with Crippen molar-refractivity contribution in [2.75, 3.05) is 0 Å². The van der Waals surface area contributed by atoms with Gasteiger partial charge in [-0.2, -0.15) is 0 Å². The molecule has 2 bridgehead atoms. The van der Waals surface area contributed by atoms with Crippen molar-refractivity contribution < 1.29 is 19.4 Å². The second kappa shape index (κ2) is 6.14. The number of halogens is 2. The number of hydrogen-bond donors (Lipinski definition) is 2. The number of benzene rings is 1. The molecule has 1 amide bonds. The molecule has 0 radical (unpaired) electrons. The Morgan fingerprint density at radius 2 is 1.68 bits per heavy atom. The quantitative estimate of drug-likeness (QED) is 0.769. The minimum Gasteiger partial charge on any atom is -0.481 e. The number of carboxylic acid groups (broad SMARTS) is 1. The van der Waals surface area contributed by atoms with Gasteiger partial charge in [0.2, 0.25) is 5.91 Å². The van der Waals surface area contributed by atoms with Crippen molar-refractivity contribution in [2.45, 2.75) is 18.8 Å². The number of carbonyl (C=O) groups is 2. The maximum atomic E-state index is 12.5. The van der Waals surface area contributed by atoms with Crippen molar-refractivity contribution in [1.29, 1.82) is 0 Å². The Morgan fingerprint density at radius 1 is 1.09 bits per heavy atom. The van der Waals surface area contributed by atoms with Crippen LogP contribution in [0, 0.1) is 11.8 Å². The van der Waals surface area contributed by atoms with Crippen molar-refractivity contribution in [1.82, 2.24) is 5.32 Å². The highest BCUT2D eigenvalue weighted by atomic mass is 79.9. The lowest BCUT2D eigenvalue weighted by Gasteiger charge is -2.24. The zero-order valence-electron chi connectivity index (χ0n) is 11.3. The molecule has 7 heteroatoms. The van der Waals surface area contributed by atoms with Gasteiger partial charge in [0.25, 0.3) is 0 Å². The zero-order valence-corrected chi connectivity index (χ0v) is 14.5. The third-order valence-corrected chi connectivity index (χ3v) is 6.25. The number of carbonyl (C=O) groups excluding carboxylic acids is 1. The van der Waals surface area contributed by atoms with Crippen LogP contribution in [0.3, 0.4) is 0 Å². The molecule has 1 saturated heterocycles. The first-order valence-corrected chi connectivity index (χ1v) is 8.34. The molecule has 2 aliphatic heterocycles. The molecular weight excluding hydrogens is 418 g/mol. The third kappa shape index (κ3) is 2.61. The van der Waals surface area contributed by atoms with Crippen molar-refractivity contribution in [3.05, 3.63) is 44.9 Å². The summed E-state index contributed by atoms with van der Waals surface area (Å²) >= 11 is 6.71. The highest BCUT2D eigenvalue weighted by molar-refractivity contribution is 9.14. The number of nitrogens with one attached hydrogen (secondary N) is 1. The summed E-state index contributed by atoms with van der Waals surface area (Å²) in [6, 6.07) is 9.48. The predicted octanol–water partition coefficient (Wildman–Crippen LogP) is 2.40.